The normalized spacial score (nSPS) is 11.3. The molecule has 0 fully saturated rings. The van der Waals surface area contributed by atoms with Gasteiger partial charge in [-0.2, -0.15) is 29.9 Å². The van der Waals surface area contributed by atoms with Crippen LogP contribution in [0, 0.1) is 5.41 Å². The van der Waals surface area contributed by atoms with Crippen LogP contribution in [0.25, 0.3) is 0 Å². The lowest BCUT2D eigenvalue weighted by molar-refractivity contribution is -0.125. The van der Waals surface area contributed by atoms with Gasteiger partial charge in [-0.1, -0.05) is 12.2 Å². The Morgan fingerprint density at radius 1 is 0.778 bits per heavy atom. The van der Waals surface area contributed by atoms with E-state index in [1.165, 1.54) is 6.92 Å². The third kappa shape index (κ3) is 4.84. The number of aryl methyl sites for hydroxylation is 2. The van der Waals surface area contributed by atoms with Crippen LogP contribution in [0.15, 0.2) is 12.2 Å². The summed E-state index contributed by atoms with van der Waals surface area (Å²) in [5.41, 5.74) is 22.3. The molecular weight excluding hydrogens is 348 g/mol. The molecule has 8 N–H and O–H groups in total. The molecule has 2 aromatic rings. The van der Waals surface area contributed by atoms with E-state index in [2.05, 4.69) is 36.5 Å². The Hall–Kier alpha value is -3.37. The standard InChI is InChI=1S/C16H24N10O/c1-8(2)16(9(3)27,6-4-10-21-12(17)25-13(18)22-10)7-5-11-23-14(19)26-15(20)24-11/h1,4-7H2,2-3H3,(H4,17,18,21,22,25)(H4,19,20,23,24,26). The Labute approximate surface area is 156 Å². The molecule has 2 rings (SSSR count). The fourth-order valence-corrected chi connectivity index (χ4v) is 2.99. The fraction of sp³-hybridized carbons (Fsp3) is 0.438. The third-order valence-corrected chi connectivity index (χ3v) is 4.47. The lowest BCUT2D eigenvalue weighted by atomic mass is 9.71. The maximum atomic E-state index is 12.6. The zero-order valence-electron chi connectivity index (χ0n) is 15.4. The average molecular weight is 372 g/mol. The van der Waals surface area contributed by atoms with Gasteiger partial charge < -0.3 is 22.9 Å². The second kappa shape index (κ2) is 7.89. The van der Waals surface area contributed by atoms with Gasteiger partial charge in [0.2, 0.25) is 23.8 Å². The molecule has 144 valence electrons. The minimum atomic E-state index is -0.813. The molecule has 2 aromatic heterocycles. The van der Waals surface area contributed by atoms with E-state index in [1.54, 1.807) is 0 Å². The summed E-state index contributed by atoms with van der Waals surface area (Å²) in [7, 11) is 0. The predicted molar refractivity (Wildman–Crippen MR) is 102 cm³/mol. The number of aromatic nitrogens is 6. The van der Waals surface area contributed by atoms with Gasteiger partial charge in [0.15, 0.2) is 0 Å². The largest absolute Gasteiger partial charge is 0.368 e. The minimum Gasteiger partial charge on any atom is -0.368 e. The van der Waals surface area contributed by atoms with Crippen LogP contribution in [0.1, 0.15) is 38.3 Å². The van der Waals surface area contributed by atoms with Gasteiger partial charge in [-0.25, -0.2) is 0 Å². The van der Waals surface area contributed by atoms with Gasteiger partial charge in [0.1, 0.15) is 17.4 Å². The minimum absolute atomic E-state index is 0.0278. The quantitative estimate of drug-likeness (QED) is 0.458. The van der Waals surface area contributed by atoms with Crippen molar-refractivity contribution in [2.45, 2.75) is 39.5 Å². The number of anilines is 4. The molecule has 0 aliphatic heterocycles. The molecule has 0 bridgehead atoms. The van der Waals surface area contributed by atoms with Crippen molar-refractivity contribution in [3.63, 3.8) is 0 Å². The maximum Gasteiger partial charge on any atom is 0.225 e. The van der Waals surface area contributed by atoms with E-state index < -0.39 is 5.41 Å². The summed E-state index contributed by atoms with van der Waals surface area (Å²) < 4.78 is 0. The lowest BCUT2D eigenvalue weighted by Crippen LogP contribution is -2.32. The van der Waals surface area contributed by atoms with E-state index in [4.69, 9.17) is 22.9 Å². The zero-order chi connectivity index (χ0) is 20.2. The Bertz CT molecular complexity index is 754. The number of nitrogens with two attached hydrogens (primary N) is 4. The number of ketones is 1. The summed E-state index contributed by atoms with van der Waals surface area (Å²) in [5, 5.41) is 0. The average Bonchev–Trinajstić information content (AvgIpc) is 2.52. The number of allylic oxidation sites excluding steroid dienone is 1. The number of carbonyl (C=O) groups is 1. The molecule has 2 heterocycles. The molecule has 11 heteroatoms. The van der Waals surface area contributed by atoms with Crippen LogP contribution in [0.2, 0.25) is 0 Å². The molecule has 0 aromatic carbocycles. The summed E-state index contributed by atoms with van der Waals surface area (Å²) in [6, 6.07) is 0. The van der Waals surface area contributed by atoms with Crippen molar-refractivity contribution in [3.8, 4) is 0 Å². The van der Waals surface area contributed by atoms with Crippen LogP contribution in [-0.2, 0) is 17.6 Å². The van der Waals surface area contributed by atoms with Gasteiger partial charge in [-0.15, -0.1) is 0 Å². The van der Waals surface area contributed by atoms with Crippen LogP contribution in [0.3, 0.4) is 0 Å². The van der Waals surface area contributed by atoms with Gasteiger partial charge in [-0.05, 0) is 26.7 Å². The predicted octanol–water partition coefficient (Wildman–Crippen LogP) is 0.102. The Morgan fingerprint density at radius 3 is 1.37 bits per heavy atom. The SMILES string of the molecule is C=C(C)C(CCc1nc(N)nc(N)n1)(CCc1nc(N)nc(N)n1)C(C)=O. The van der Waals surface area contributed by atoms with Crippen LogP contribution in [-0.4, -0.2) is 35.7 Å². The Morgan fingerprint density at radius 2 is 1.11 bits per heavy atom. The zero-order valence-corrected chi connectivity index (χ0v) is 15.4. The van der Waals surface area contributed by atoms with Crippen molar-refractivity contribution < 1.29 is 4.79 Å². The van der Waals surface area contributed by atoms with E-state index in [1.807, 2.05) is 6.92 Å². The monoisotopic (exact) mass is 372 g/mol. The molecule has 0 atom stereocenters. The molecule has 27 heavy (non-hydrogen) atoms. The van der Waals surface area contributed by atoms with Crippen molar-refractivity contribution in [2.75, 3.05) is 22.9 Å². The van der Waals surface area contributed by atoms with E-state index in [0.717, 1.165) is 5.57 Å². The smallest absolute Gasteiger partial charge is 0.225 e. The van der Waals surface area contributed by atoms with Crippen molar-refractivity contribution in [1.82, 2.24) is 29.9 Å². The van der Waals surface area contributed by atoms with Crippen LogP contribution in [0.5, 0.6) is 0 Å². The molecular formula is C16H24N10O. The topological polar surface area (TPSA) is 198 Å². The van der Waals surface area contributed by atoms with Crippen LogP contribution < -0.4 is 22.9 Å². The molecule has 0 amide bonds. The first-order chi connectivity index (χ1) is 12.6. The van der Waals surface area contributed by atoms with Gasteiger partial charge in [0.25, 0.3) is 0 Å². The number of nitrogens with zero attached hydrogens (tertiary/aromatic N) is 6. The summed E-state index contributed by atoms with van der Waals surface area (Å²) in [6.07, 6.45) is 1.61. The Balaban J connectivity index is 2.23. The summed E-state index contributed by atoms with van der Waals surface area (Å²) in [5.74, 6) is 0.964. The number of Topliss-reactive ketones (excluding diaryl/α,β-unsaturated/α-hetero) is 1. The number of hydrogen-bond donors (Lipinski definition) is 4. The van der Waals surface area contributed by atoms with E-state index >= 15 is 0 Å². The highest BCUT2D eigenvalue weighted by Gasteiger charge is 2.36. The maximum absolute atomic E-state index is 12.6. The second-order valence-electron chi connectivity index (χ2n) is 6.35. The molecule has 0 saturated carbocycles. The third-order valence-electron chi connectivity index (χ3n) is 4.47. The molecule has 0 unspecified atom stereocenters. The summed E-state index contributed by atoms with van der Waals surface area (Å²) >= 11 is 0. The van der Waals surface area contributed by atoms with E-state index in [9.17, 15) is 4.79 Å². The summed E-state index contributed by atoms with van der Waals surface area (Å²) in [6.45, 7) is 7.36. The van der Waals surface area contributed by atoms with E-state index in [-0.39, 0.29) is 29.6 Å². The van der Waals surface area contributed by atoms with Crippen LogP contribution in [0.4, 0.5) is 23.8 Å². The van der Waals surface area contributed by atoms with Crippen molar-refractivity contribution in [1.29, 1.82) is 0 Å². The van der Waals surface area contributed by atoms with Gasteiger partial charge in [0.05, 0.1) is 0 Å². The lowest BCUT2D eigenvalue weighted by Gasteiger charge is -2.32. The van der Waals surface area contributed by atoms with Gasteiger partial charge >= 0.3 is 0 Å². The molecule has 0 aliphatic carbocycles. The molecule has 0 aliphatic rings. The van der Waals surface area contributed by atoms with Crippen molar-refractivity contribution in [2.24, 2.45) is 5.41 Å². The number of rotatable bonds is 8. The first kappa shape index (κ1) is 19.9. The first-order valence-corrected chi connectivity index (χ1v) is 8.31. The molecule has 0 saturated heterocycles. The highest BCUT2D eigenvalue weighted by Crippen LogP contribution is 2.37. The number of hydrogen-bond acceptors (Lipinski definition) is 11. The fourth-order valence-electron chi connectivity index (χ4n) is 2.99. The first-order valence-electron chi connectivity index (χ1n) is 8.31. The van der Waals surface area contributed by atoms with E-state index in [0.29, 0.717) is 37.3 Å². The second-order valence-corrected chi connectivity index (χ2v) is 6.35. The Kier molecular flexibility index (Phi) is 5.83. The van der Waals surface area contributed by atoms with Crippen molar-refractivity contribution in [3.05, 3.63) is 23.8 Å². The number of carbonyl (C=O) groups excluding carboxylic acids is 1. The van der Waals surface area contributed by atoms with Crippen LogP contribution >= 0.6 is 0 Å². The molecule has 0 radical (unpaired) electrons. The van der Waals surface area contributed by atoms with Crippen molar-refractivity contribution >= 4 is 29.6 Å². The molecule has 0 spiro atoms. The summed E-state index contributed by atoms with van der Waals surface area (Å²) in [4.78, 5) is 36.3. The van der Waals surface area contributed by atoms with Gasteiger partial charge in [0, 0.05) is 18.3 Å². The number of nitrogen functional groups attached to an aromatic ring is 4. The highest BCUT2D eigenvalue weighted by molar-refractivity contribution is 5.85. The molecule has 11 nitrogen and oxygen atoms in total. The van der Waals surface area contributed by atoms with Gasteiger partial charge in [-0.3, -0.25) is 4.79 Å². The highest BCUT2D eigenvalue weighted by atomic mass is 16.1.